The van der Waals surface area contributed by atoms with Gasteiger partial charge in [-0.2, -0.15) is 0 Å². The van der Waals surface area contributed by atoms with Gasteiger partial charge in [-0.1, -0.05) is 11.6 Å². The van der Waals surface area contributed by atoms with Gasteiger partial charge in [-0.25, -0.2) is 9.78 Å². The molecule has 8 nitrogen and oxygen atoms in total. The van der Waals surface area contributed by atoms with Crippen molar-refractivity contribution in [3.63, 3.8) is 0 Å². The number of nitro groups is 1. The van der Waals surface area contributed by atoms with Crippen LogP contribution in [0, 0.1) is 10.1 Å². The Morgan fingerprint density at radius 3 is 2.81 bits per heavy atom. The summed E-state index contributed by atoms with van der Waals surface area (Å²) in [7, 11) is 0. The van der Waals surface area contributed by atoms with Crippen LogP contribution in [0.25, 0.3) is 0 Å². The van der Waals surface area contributed by atoms with E-state index in [2.05, 4.69) is 4.98 Å². The van der Waals surface area contributed by atoms with Crippen LogP contribution in [0.15, 0.2) is 23.6 Å². The molecule has 1 aliphatic rings. The first-order valence-electron chi connectivity index (χ1n) is 8.27. The fraction of sp³-hybridized carbons (Fsp3) is 0.353. The molecule has 10 heteroatoms. The van der Waals surface area contributed by atoms with Gasteiger partial charge in [0.05, 0.1) is 18.1 Å². The predicted molar refractivity (Wildman–Crippen MR) is 99.1 cm³/mol. The lowest BCUT2D eigenvalue weighted by molar-refractivity contribution is -0.384. The molecule has 1 aliphatic carbocycles. The molecule has 1 fully saturated rings. The van der Waals surface area contributed by atoms with Gasteiger partial charge in [0.1, 0.15) is 10.0 Å². The lowest BCUT2D eigenvalue weighted by Gasteiger charge is -2.21. The normalized spacial score (nSPS) is 13.3. The summed E-state index contributed by atoms with van der Waals surface area (Å²) in [6.07, 6.45) is 1.72. The molecular formula is C17H16ClN3O5S. The van der Waals surface area contributed by atoms with Crippen LogP contribution in [0.1, 0.15) is 45.6 Å². The summed E-state index contributed by atoms with van der Waals surface area (Å²) >= 11 is 7.08. The number of carbonyl (C=O) groups excluding carboxylic acids is 2. The molecule has 1 heterocycles. The summed E-state index contributed by atoms with van der Waals surface area (Å²) in [5, 5.41) is 13.2. The highest BCUT2D eigenvalue weighted by Gasteiger charge is 2.34. The molecule has 0 bridgehead atoms. The third kappa shape index (κ3) is 4.42. The number of nitrogens with zero attached hydrogens (tertiary/aromatic N) is 3. The Morgan fingerprint density at radius 2 is 2.19 bits per heavy atom. The number of amides is 1. The zero-order valence-corrected chi connectivity index (χ0v) is 16.0. The van der Waals surface area contributed by atoms with E-state index in [4.69, 9.17) is 16.3 Å². The van der Waals surface area contributed by atoms with Crippen LogP contribution < -0.4 is 0 Å². The van der Waals surface area contributed by atoms with Gasteiger partial charge in [-0.05, 0) is 31.9 Å². The maximum absolute atomic E-state index is 12.9. The van der Waals surface area contributed by atoms with Gasteiger partial charge in [-0.3, -0.25) is 14.9 Å². The van der Waals surface area contributed by atoms with E-state index in [1.54, 1.807) is 17.2 Å². The van der Waals surface area contributed by atoms with Gasteiger partial charge in [0.2, 0.25) is 0 Å². The summed E-state index contributed by atoms with van der Waals surface area (Å²) in [4.78, 5) is 41.0. The largest absolute Gasteiger partial charge is 0.461 e. The van der Waals surface area contributed by atoms with Crippen LogP contribution in [0.4, 0.5) is 5.69 Å². The molecule has 0 radical (unpaired) electrons. The minimum atomic E-state index is -0.618. The van der Waals surface area contributed by atoms with Gasteiger partial charge in [0.15, 0.2) is 5.69 Å². The Kier molecular flexibility index (Phi) is 5.71. The second kappa shape index (κ2) is 8.01. The van der Waals surface area contributed by atoms with Crippen LogP contribution >= 0.6 is 22.9 Å². The van der Waals surface area contributed by atoms with E-state index in [1.165, 1.54) is 29.5 Å². The molecule has 0 aliphatic heterocycles. The van der Waals surface area contributed by atoms with Crippen molar-refractivity contribution in [1.82, 2.24) is 9.88 Å². The van der Waals surface area contributed by atoms with E-state index in [1.807, 2.05) is 0 Å². The molecule has 0 N–H and O–H groups in total. The third-order valence-corrected chi connectivity index (χ3v) is 5.13. The lowest BCUT2D eigenvalue weighted by Crippen LogP contribution is -2.32. The number of nitro benzene ring substituents is 1. The number of ether oxygens (including phenoxy) is 1. The fourth-order valence-corrected chi connectivity index (χ4v) is 3.48. The number of esters is 1. The topological polar surface area (TPSA) is 103 Å². The van der Waals surface area contributed by atoms with Crippen molar-refractivity contribution in [2.24, 2.45) is 0 Å². The standard InChI is InChI=1S/C17H16ClN3O5S/c1-2-26-17(23)13-9-27-15(19-13)8-20(11-4-5-11)16(22)10-3-6-12(18)14(7-10)21(24)25/h3,6-7,9,11H,2,4-5,8H2,1H3. The van der Waals surface area contributed by atoms with Gasteiger partial charge < -0.3 is 9.64 Å². The Balaban J connectivity index is 1.80. The SMILES string of the molecule is CCOC(=O)c1csc(CN(C(=O)c2ccc(Cl)c([N+](=O)[O-])c2)C2CC2)n1. The minimum absolute atomic E-state index is 0.0199. The van der Waals surface area contributed by atoms with Crippen molar-refractivity contribution >= 4 is 40.5 Å². The van der Waals surface area contributed by atoms with Crippen LogP contribution in [-0.4, -0.2) is 39.3 Å². The number of thiazole rings is 1. The zero-order chi connectivity index (χ0) is 19.6. The first-order valence-corrected chi connectivity index (χ1v) is 9.53. The molecule has 0 spiro atoms. The minimum Gasteiger partial charge on any atom is -0.461 e. The summed E-state index contributed by atoms with van der Waals surface area (Å²) in [5.41, 5.74) is 0.0967. The third-order valence-electron chi connectivity index (χ3n) is 3.98. The number of benzene rings is 1. The van der Waals surface area contributed by atoms with Crippen molar-refractivity contribution < 1.29 is 19.2 Å². The second-order valence-corrected chi connectivity index (χ2v) is 7.28. The van der Waals surface area contributed by atoms with Crippen LogP contribution in [0.5, 0.6) is 0 Å². The molecule has 0 atom stereocenters. The highest BCUT2D eigenvalue weighted by atomic mass is 35.5. The van der Waals surface area contributed by atoms with Gasteiger partial charge in [0.25, 0.3) is 11.6 Å². The number of halogens is 1. The van der Waals surface area contributed by atoms with E-state index in [-0.39, 0.29) is 47.1 Å². The molecule has 142 valence electrons. The van der Waals surface area contributed by atoms with E-state index in [0.717, 1.165) is 12.8 Å². The second-order valence-electron chi connectivity index (χ2n) is 5.93. The molecule has 1 aromatic heterocycles. The Labute approximate surface area is 163 Å². The fourth-order valence-electron chi connectivity index (χ4n) is 2.53. The molecule has 3 rings (SSSR count). The predicted octanol–water partition coefficient (Wildman–Crippen LogP) is 3.69. The maximum atomic E-state index is 12.9. The summed E-state index contributed by atoms with van der Waals surface area (Å²) in [5.74, 6) is -0.831. The smallest absolute Gasteiger partial charge is 0.357 e. The van der Waals surface area contributed by atoms with Crippen LogP contribution in [0.3, 0.4) is 0 Å². The maximum Gasteiger partial charge on any atom is 0.357 e. The monoisotopic (exact) mass is 409 g/mol. The summed E-state index contributed by atoms with van der Waals surface area (Å²) in [6, 6.07) is 4.06. The lowest BCUT2D eigenvalue weighted by atomic mass is 10.1. The molecule has 0 unspecified atom stereocenters. The van der Waals surface area contributed by atoms with E-state index >= 15 is 0 Å². The van der Waals surface area contributed by atoms with Gasteiger partial charge in [0, 0.05) is 23.1 Å². The van der Waals surface area contributed by atoms with E-state index in [9.17, 15) is 19.7 Å². The number of carbonyl (C=O) groups is 2. The van der Waals surface area contributed by atoms with Crippen LogP contribution in [-0.2, 0) is 11.3 Å². The van der Waals surface area contributed by atoms with E-state index < -0.39 is 10.9 Å². The Hall–Kier alpha value is -2.52. The summed E-state index contributed by atoms with van der Waals surface area (Å²) in [6.45, 7) is 2.20. The van der Waals surface area contributed by atoms with Gasteiger partial charge in [-0.15, -0.1) is 11.3 Å². The Bertz CT molecular complexity index is 896. The van der Waals surface area contributed by atoms with Crippen molar-refractivity contribution in [3.05, 3.63) is 55.0 Å². The number of rotatable bonds is 7. The van der Waals surface area contributed by atoms with Crippen molar-refractivity contribution in [3.8, 4) is 0 Å². The average molecular weight is 410 g/mol. The van der Waals surface area contributed by atoms with Crippen molar-refractivity contribution in [1.29, 1.82) is 0 Å². The summed E-state index contributed by atoms with van der Waals surface area (Å²) < 4.78 is 4.92. The first-order chi connectivity index (χ1) is 12.9. The molecule has 27 heavy (non-hydrogen) atoms. The highest BCUT2D eigenvalue weighted by molar-refractivity contribution is 7.09. The number of hydrogen-bond donors (Lipinski definition) is 0. The van der Waals surface area contributed by atoms with Crippen molar-refractivity contribution in [2.75, 3.05) is 6.61 Å². The Morgan fingerprint density at radius 1 is 1.44 bits per heavy atom. The van der Waals surface area contributed by atoms with Crippen molar-refractivity contribution in [2.45, 2.75) is 32.4 Å². The zero-order valence-electron chi connectivity index (χ0n) is 14.4. The molecular weight excluding hydrogens is 394 g/mol. The van der Waals surface area contributed by atoms with Gasteiger partial charge >= 0.3 is 5.97 Å². The first kappa shape index (κ1) is 19.2. The highest BCUT2D eigenvalue weighted by Crippen LogP contribution is 2.32. The molecule has 0 saturated heterocycles. The molecule has 2 aromatic rings. The number of aromatic nitrogens is 1. The molecule has 1 aromatic carbocycles. The quantitative estimate of drug-likeness (QED) is 0.392. The van der Waals surface area contributed by atoms with E-state index in [0.29, 0.717) is 5.01 Å². The van der Waals surface area contributed by atoms with Crippen LogP contribution in [0.2, 0.25) is 5.02 Å². The molecule has 1 amide bonds. The number of hydrogen-bond acceptors (Lipinski definition) is 7. The average Bonchev–Trinajstić information content (AvgIpc) is 3.37. The molecule has 1 saturated carbocycles.